The van der Waals surface area contributed by atoms with E-state index in [1.165, 1.54) is 27.3 Å². The Bertz CT molecular complexity index is 1580. The number of carboxylic acids is 2. The molecule has 1 amide bonds. The highest BCUT2D eigenvalue weighted by Crippen LogP contribution is 2.38. The van der Waals surface area contributed by atoms with Crippen molar-refractivity contribution in [2.75, 3.05) is 18.5 Å². The molecule has 0 saturated heterocycles. The fourth-order valence-electron chi connectivity index (χ4n) is 4.61. The predicted octanol–water partition coefficient (Wildman–Crippen LogP) is 0.275. The van der Waals surface area contributed by atoms with E-state index in [1.54, 1.807) is 19.2 Å². The standard InChI is InChI=1S/C24H29FN4O5.C4H6O6/c1-24(2,8-5-9-29-21-16(25)6-4-7-18(21)28(3)23(29)33)26-12-19(31)15-10-14(30)11-17-22(15)34-13-20(32)27-17;5-1(3(7)8)2(6)4(9)10/h4,6-7,10-11,19,26,30-31H,5,8-9,12-13H2,1-3H3,(H,27,32);1-2,5-6H,(H,7,8)(H,9,10)/t19-;/m0./s1. The molecule has 15 nitrogen and oxygen atoms in total. The summed E-state index contributed by atoms with van der Waals surface area (Å²) < 4.78 is 22.8. The Morgan fingerprint density at radius 1 is 1.11 bits per heavy atom. The molecule has 0 bridgehead atoms. The number of aryl methyl sites for hydroxylation is 2. The van der Waals surface area contributed by atoms with Crippen molar-refractivity contribution in [1.29, 1.82) is 0 Å². The lowest BCUT2D eigenvalue weighted by molar-refractivity contribution is -0.165. The number of hydrogen-bond acceptors (Lipinski definition) is 10. The molecule has 3 atom stereocenters. The van der Waals surface area contributed by atoms with Crippen molar-refractivity contribution in [3.05, 3.63) is 52.2 Å². The molecule has 0 aliphatic carbocycles. The van der Waals surface area contributed by atoms with E-state index in [4.69, 9.17) is 25.2 Å². The first-order valence-electron chi connectivity index (χ1n) is 13.4. The number of para-hydroxylation sites is 1. The maximum absolute atomic E-state index is 14.4. The average molecular weight is 623 g/mol. The molecule has 0 radical (unpaired) electrons. The van der Waals surface area contributed by atoms with Gasteiger partial charge in [-0.3, -0.25) is 13.9 Å². The maximum atomic E-state index is 14.4. The number of halogens is 1. The molecule has 1 aromatic heterocycles. The minimum atomic E-state index is -2.27. The van der Waals surface area contributed by atoms with Gasteiger partial charge in [0, 0.05) is 37.3 Å². The minimum Gasteiger partial charge on any atom is -0.508 e. The van der Waals surface area contributed by atoms with Crippen molar-refractivity contribution in [1.82, 2.24) is 14.5 Å². The Hall–Kier alpha value is -4.51. The van der Waals surface area contributed by atoms with Crippen LogP contribution in [0.15, 0.2) is 35.1 Å². The van der Waals surface area contributed by atoms with Gasteiger partial charge in [0.2, 0.25) is 0 Å². The third-order valence-corrected chi connectivity index (χ3v) is 6.96. The molecule has 0 fully saturated rings. The number of nitrogens with zero attached hydrogens (tertiary/aromatic N) is 2. The molecule has 0 saturated carbocycles. The van der Waals surface area contributed by atoms with Crippen LogP contribution in [-0.2, 0) is 28.0 Å². The van der Waals surface area contributed by atoms with Gasteiger partial charge in [-0.05, 0) is 44.9 Å². The number of aromatic nitrogens is 2. The van der Waals surface area contributed by atoms with Gasteiger partial charge in [0.15, 0.2) is 18.8 Å². The average Bonchev–Trinajstić information content (AvgIpc) is 3.20. The number of aliphatic carboxylic acids is 2. The number of imidazole rings is 1. The van der Waals surface area contributed by atoms with Gasteiger partial charge < -0.3 is 46.0 Å². The van der Waals surface area contributed by atoms with Gasteiger partial charge >= 0.3 is 17.6 Å². The number of carbonyl (C=O) groups excluding carboxylic acids is 1. The van der Waals surface area contributed by atoms with Crippen LogP contribution < -0.4 is 21.1 Å². The number of amides is 1. The first-order valence-corrected chi connectivity index (χ1v) is 13.4. The third kappa shape index (κ3) is 7.90. The van der Waals surface area contributed by atoms with Crippen molar-refractivity contribution in [3.63, 3.8) is 0 Å². The summed E-state index contributed by atoms with van der Waals surface area (Å²) in [5.74, 6) is -4.05. The highest BCUT2D eigenvalue weighted by molar-refractivity contribution is 5.96. The van der Waals surface area contributed by atoms with Gasteiger partial charge in [0.25, 0.3) is 5.91 Å². The molecular formula is C28H35FN4O11. The van der Waals surface area contributed by atoms with E-state index in [1.807, 2.05) is 13.8 Å². The van der Waals surface area contributed by atoms with Crippen LogP contribution in [0, 0.1) is 5.82 Å². The normalized spacial score (nSPS) is 14.8. The fourth-order valence-corrected chi connectivity index (χ4v) is 4.61. The van der Waals surface area contributed by atoms with Crippen molar-refractivity contribution >= 4 is 34.6 Å². The van der Waals surface area contributed by atoms with Gasteiger partial charge in [0.1, 0.15) is 22.8 Å². The zero-order chi connectivity index (χ0) is 32.9. The Kier molecular flexibility index (Phi) is 10.7. The van der Waals surface area contributed by atoms with Crippen LogP contribution in [0.1, 0.15) is 38.4 Å². The van der Waals surface area contributed by atoms with E-state index in [2.05, 4.69) is 10.6 Å². The Morgan fingerprint density at radius 2 is 1.75 bits per heavy atom. The number of aliphatic hydroxyl groups excluding tert-OH is 3. The Morgan fingerprint density at radius 3 is 2.36 bits per heavy atom. The first kappa shape index (κ1) is 34.0. The van der Waals surface area contributed by atoms with Crippen LogP contribution in [0.3, 0.4) is 0 Å². The van der Waals surface area contributed by atoms with Gasteiger partial charge in [0.05, 0.1) is 17.3 Å². The lowest BCUT2D eigenvalue weighted by Gasteiger charge is -2.29. The molecule has 16 heteroatoms. The van der Waals surface area contributed by atoms with E-state index in [0.29, 0.717) is 47.4 Å². The topological polar surface area (TPSA) is 233 Å². The number of β-amino-alcohol motifs (C(OH)–C–C–N with tert-alkyl or cyclic N) is 1. The number of rotatable bonds is 11. The number of phenolic OH excluding ortho intramolecular Hbond substituents is 1. The number of carboxylic acid groups (broad SMARTS) is 2. The van der Waals surface area contributed by atoms with Gasteiger partial charge in [-0.15, -0.1) is 0 Å². The molecule has 3 aromatic rings. The van der Waals surface area contributed by atoms with Crippen LogP contribution in [0.25, 0.3) is 11.0 Å². The molecule has 8 N–H and O–H groups in total. The number of aliphatic hydroxyl groups is 3. The molecule has 4 rings (SSSR count). The number of anilines is 1. The molecule has 44 heavy (non-hydrogen) atoms. The fraction of sp³-hybridized carbons (Fsp3) is 0.429. The second kappa shape index (κ2) is 13.9. The summed E-state index contributed by atoms with van der Waals surface area (Å²) in [6, 6.07) is 7.44. The number of ether oxygens (including phenoxy) is 1. The summed E-state index contributed by atoms with van der Waals surface area (Å²) in [4.78, 5) is 43.7. The largest absolute Gasteiger partial charge is 0.508 e. The first-order chi connectivity index (χ1) is 20.5. The molecule has 2 unspecified atom stereocenters. The van der Waals surface area contributed by atoms with Crippen molar-refractivity contribution in [2.45, 2.75) is 57.1 Å². The van der Waals surface area contributed by atoms with Crippen LogP contribution in [0.5, 0.6) is 11.5 Å². The number of fused-ring (bicyclic) bond motifs is 2. The Labute approximate surface area is 249 Å². The van der Waals surface area contributed by atoms with E-state index in [0.717, 1.165) is 0 Å². The minimum absolute atomic E-state index is 0.0920. The number of phenols is 1. The predicted molar refractivity (Wildman–Crippen MR) is 153 cm³/mol. The molecule has 2 aromatic carbocycles. The smallest absolute Gasteiger partial charge is 0.335 e. The van der Waals surface area contributed by atoms with Gasteiger partial charge in [-0.2, -0.15) is 0 Å². The van der Waals surface area contributed by atoms with Crippen LogP contribution >= 0.6 is 0 Å². The van der Waals surface area contributed by atoms with Crippen molar-refractivity contribution in [3.8, 4) is 11.5 Å². The highest BCUT2D eigenvalue weighted by atomic mass is 19.1. The van der Waals surface area contributed by atoms with Crippen LogP contribution in [-0.4, -0.2) is 88.5 Å². The number of carbonyl (C=O) groups is 3. The number of aromatic hydroxyl groups is 1. The molecule has 240 valence electrons. The SMILES string of the molecule is Cn1c(=O)n(CCCC(C)(C)NC[C@H](O)c2cc(O)cc3c2OCC(=O)N3)c2c(F)cccc21.O=C(O)C(O)C(O)C(=O)O. The highest BCUT2D eigenvalue weighted by Gasteiger charge is 2.29. The molecule has 1 aliphatic heterocycles. The number of benzene rings is 2. The summed E-state index contributed by atoms with van der Waals surface area (Å²) in [5, 5.41) is 59.2. The summed E-state index contributed by atoms with van der Waals surface area (Å²) >= 11 is 0. The molecule has 2 heterocycles. The van der Waals surface area contributed by atoms with E-state index in [-0.39, 0.29) is 30.5 Å². The van der Waals surface area contributed by atoms with Gasteiger partial charge in [-0.1, -0.05) is 6.07 Å². The van der Waals surface area contributed by atoms with Crippen LogP contribution in [0.2, 0.25) is 0 Å². The second-order valence-electron chi connectivity index (χ2n) is 10.8. The van der Waals surface area contributed by atoms with E-state index in [9.17, 15) is 33.8 Å². The maximum Gasteiger partial charge on any atom is 0.335 e. The Balaban J connectivity index is 0.000000456. The summed E-state index contributed by atoms with van der Waals surface area (Å²) in [6.45, 7) is 4.31. The summed E-state index contributed by atoms with van der Waals surface area (Å²) in [7, 11) is 1.63. The van der Waals surface area contributed by atoms with Crippen molar-refractivity contribution in [2.24, 2.45) is 7.05 Å². The second-order valence-corrected chi connectivity index (χ2v) is 10.8. The number of hydrogen-bond donors (Lipinski definition) is 8. The monoisotopic (exact) mass is 622 g/mol. The lowest BCUT2D eigenvalue weighted by atomic mass is 9.97. The quantitative estimate of drug-likeness (QED) is 0.144. The number of nitrogens with one attached hydrogen (secondary N) is 2. The zero-order valence-electron chi connectivity index (χ0n) is 24.2. The van der Waals surface area contributed by atoms with E-state index < -0.39 is 41.6 Å². The summed E-state index contributed by atoms with van der Waals surface area (Å²) in [5.41, 5.74) is 0.880. The van der Waals surface area contributed by atoms with Crippen molar-refractivity contribution < 1.29 is 54.2 Å². The van der Waals surface area contributed by atoms with E-state index >= 15 is 0 Å². The molecular weight excluding hydrogens is 587 g/mol. The van der Waals surface area contributed by atoms with Crippen LogP contribution in [0.4, 0.5) is 10.1 Å². The third-order valence-electron chi connectivity index (χ3n) is 6.96. The zero-order valence-corrected chi connectivity index (χ0v) is 24.2. The van der Waals surface area contributed by atoms with Gasteiger partial charge in [-0.25, -0.2) is 18.8 Å². The molecule has 0 spiro atoms. The molecule has 1 aliphatic rings. The summed E-state index contributed by atoms with van der Waals surface area (Å²) in [6.07, 6.45) is -4.26. The lowest BCUT2D eigenvalue weighted by Crippen LogP contribution is -2.42.